The van der Waals surface area contributed by atoms with E-state index in [1.807, 2.05) is 7.48 Å². The molecule has 0 saturated heterocycles. The van der Waals surface area contributed by atoms with Crippen molar-refractivity contribution in [3.05, 3.63) is 0 Å². The summed E-state index contributed by atoms with van der Waals surface area (Å²) in [7, 11) is 4.64. The molecule has 0 spiro atoms. The van der Waals surface area contributed by atoms with Crippen molar-refractivity contribution in [1.82, 2.24) is 0 Å². The standard InChI is InChI=1S/C12H27B2O2P/c1-9(2)15-17-10(13-11(3,4)5)14-16-12(6,7)8/h9-10,17H,1-8H3. The van der Waals surface area contributed by atoms with Gasteiger partial charge in [-0.15, -0.1) is 0 Å². The van der Waals surface area contributed by atoms with E-state index in [9.17, 15) is 0 Å². The molecule has 0 bridgehead atoms. The molecule has 17 heavy (non-hydrogen) atoms. The summed E-state index contributed by atoms with van der Waals surface area (Å²) < 4.78 is 11.4. The highest BCUT2D eigenvalue weighted by atomic mass is 31.1. The molecule has 2 atom stereocenters. The average Bonchev–Trinajstić information content (AvgIpc) is 2.06. The van der Waals surface area contributed by atoms with E-state index in [0.717, 1.165) is 0 Å². The molecule has 2 radical (unpaired) electrons. The van der Waals surface area contributed by atoms with Crippen molar-refractivity contribution in [2.75, 3.05) is 0 Å². The predicted octanol–water partition coefficient (Wildman–Crippen LogP) is 3.65. The van der Waals surface area contributed by atoms with Crippen molar-refractivity contribution >= 4 is 23.6 Å². The normalized spacial score (nSPS) is 15.6. The largest absolute Gasteiger partial charge is 0.436 e. The van der Waals surface area contributed by atoms with Crippen LogP contribution >= 0.6 is 8.81 Å². The molecule has 0 aliphatic carbocycles. The van der Waals surface area contributed by atoms with Crippen LogP contribution in [0.3, 0.4) is 0 Å². The molecular formula is C12H27B2O2P. The van der Waals surface area contributed by atoms with Crippen LogP contribution in [0.15, 0.2) is 0 Å². The first-order valence-corrected chi connectivity index (χ1v) is 7.26. The van der Waals surface area contributed by atoms with Gasteiger partial charge in [0.05, 0.1) is 6.10 Å². The molecule has 5 heteroatoms. The summed E-state index contributed by atoms with van der Waals surface area (Å²) in [6, 6.07) is 0. The van der Waals surface area contributed by atoms with Gasteiger partial charge in [-0.2, -0.15) is 0 Å². The maximum atomic E-state index is 5.74. The van der Waals surface area contributed by atoms with Crippen molar-refractivity contribution in [3.63, 3.8) is 0 Å². The van der Waals surface area contributed by atoms with E-state index >= 15 is 0 Å². The Morgan fingerprint density at radius 3 is 1.88 bits per heavy atom. The highest BCUT2D eigenvalue weighted by Crippen LogP contribution is 2.30. The van der Waals surface area contributed by atoms with Crippen LogP contribution in [0.1, 0.15) is 55.4 Å². The molecule has 2 nitrogen and oxygen atoms in total. The van der Waals surface area contributed by atoms with Crippen LogP contribution in [0.5, 0.6) is 0 Å². The number of hydrogen-bond donors (Lipinski definition) is 0. The smallest absolute Gasteiger partial charge is 0.294 e. The Balaban J connectivity index is 4.21. The van der Waals surface area contributed by atoms with Gasteiger partial charge in [0.15, 0.2) is 0 Å². The fraction of sp³-hybridized carbons (Fsp3) is 1.00. The van der Waals surface area contributed by atoms with Crippen molar-refractivity contribution in [2.45, 2.75) is 77.9 Å². The fourth-order valence-corrected chi connectivity index (χ4v) is 2.25. The lowest BCUT2D eigenvalue weighted by molar-refractivity contribution is 0.138. The second-order valence-corrected chi connectivity index (χ2v) is 7.85. The van der Waals surface area contributed by atoms with Gasteiger partial charge >= 0.3 is 0 Å². The first-order chi connectivity index (χ1) is 7.49. The zero-order chi connectivity index (χ0) is 13.7. The molecule has 0 aromatic carbocycles. The van der Waals surface area contributed by atoms with E-state index < -0.39 is 0 Å². The third-order valence-corrected chi connectivity index (χ3v) is 2.87. The van der Waals surface area contributed by atoms with Gasteiger partial charge in [-0.25, -0.2) is 0 Å². The molecule has 2 unspecified atom stereocenters. The Kier molecular flexibility index (Phi) is 7.37. The molecule has 98 valence electrons. The van der Waals surface area contributed by atoms with E-state index in [2.05, 4.69) is 62.7 Å². The van der Waals surface area contributed by atoms with Crippen molar-refractivity contribution in [2.24, 2.45) is 0 Å². The zero-order valence-electron chi connectivity index (χ0n) is 12.6. The Morgan fingerprint density at radius 2 is 1.53 bits per heavy atom. The minimum atomic E-state index is -0.133. The predicted molar refractivity (Wildman–Crippen MR) is 80.4 cm³/mol. The van der Waals surface area contributed by atoms with Crippen LogP contribution in [0.2, 0.25) is 5.31 Å². The molecule has 0 N–H and O–H groups in total. The van der Waals surface area contributed by atoms with Gasteiger partial charge in [-0.3, -0.25) is 0 Å². The summed E-state index contributed by atoms with van der Waals surface area (Å²) in [4.78, 5) is 0. The third kappa shape index (κ3) is 12.7. The molecule has 0 aromatic rings. The van der Waals surface area contributed by atoms with E-state index in [1.165, 1.54) is 0 Å². The van der Waals surface area contributed by atoms with Crippen LogP contribution in [-0.2, 0) is 9.18 Å². The minimum Gasteiger partial charge on any atom is -0.436 e. The maximum absolute atomic E-state index is 5.74. The summed E-state index contributed by atoms with van der Waals surface area (Å²) in [5.41, 5.74) is 0.128. The van der Waals surface area contributed by atoms with Crippen LogP contribution in [-0.4, -0.2) is 31.9 Å². The number of rotatable bonds is 6. The molecule has 0 saturated carbocycles. The fourth-order valence-electron chi connectivity index (χ4n) is 1.13. The lowest BCUT2D eigenvalue weighted by Crippen LogP contribution is -2.33. The van der Waals surface area contributed by atoms with Gasteiger partial charge < -0.3 is 9.18 Å². The summed E-state index contributed by atoms with van der Waals surface area (Å²) in [5, 5.41) is 0.176. The summed E-state index contributed by atoms with van der Waals surface area (Å²) in [5.74, 6) is 0. The topological polar surface area (TPSA) is 18.5 Å². The molecule has 0 aliphatic heterocycles. The van der Waals surface area contributed by atoms with Crippen molar-refractivity contribution in [1.29, 1.82) is 0 Å². The lowest BCUT2D eigenvalue weighted by atomic mass is 9.47. The summed E-state index contributed by atoms with van der Waals surface area (Å²) in [6.45, 7) is 16.9. The van der Waals surface area contributed by atoms with E-state index in [4.69, 9.17) is 9.18 Å². The van der Waals surface area contributed by atoms with Crippen molar-refractivity contribution in [3.8, 4) is 0 Å². The van der Waals surface area contributed by atoms with Gasteiger partial charge in [0.2, 0.25) is 0 Å². The second-order valence-electron chi connectivity index (χ2n) is 6.71. The van der Waals surface area contributed by atoms with Crippen LogP contribution < -0.4 is 0 Å². The minimum absolute atomic E-state index is 0.133. The van der Waals surface area contributed by atoms with Gasteiger partial charge in [-0.1, -0.05) is 26.1 Å². The average molecular weight is 256 g/mol. The van der Waals surface area contributed by atoms with Gasteiger partial charge in [0.1, 0.15) is 7.28 Å². The first kappa shape index (κ1) is 17.5. The number of hydrogen-bond acceptors (Lipinski definition) is 2. The molecule has 0 amide bonds. The first-order valence-electron chi connectivity index (χ1n) is 6.28. The Hall–Kier alpha value is 0.480. The Labute approximate surface area is 111 Å². The molecular weight excluding hydrogens is 229 g/mol. The second kappa shape index (κ2) is 7.16. The highest BCUT2D eigenvalue weighted by molar-refractivity contribution is 7.39. The highest BCUT2D eigenvalue weighted by Gasteiger charge is 2.25. The molecule has 0 fully saturated rings. The monoisotopic (exact) mass is 256 g/mol. The van der Waals surface area contributed by atoms with E-state index in [-0.39, 0.29) is 22.5 Å². The van der Waals surface area contributed by atoms with Gasteiger partial charge in [0, 0.05) is 14.4 Å². The molecule has 0 aromatic heterocycles. The lowest BCUT2D eigenvalue weighted by Gasteiger charge is -2.27. The quantitative estimate of drug-likeness (QED) is 0.533. The summed E-state index contributed by atoms with van der Waals surface area (Å²) >= 11 is 0. The molecule has 0 heterocycles. The SMILES string of the molecule is CC(C)OPC([B]OC(C)(C)C)[B]C(C)(C)C. The van der Waals surface area contributed by atoms with Crippen LogP contribution in [0.25, 0.3) is 0 Å². The summed E-state index contributed by atoms with van der Waals surface area (Å²) in [6.07, 6.45) is 0.271. The zero-order valence-corrected chi connectivity index (χ0v) is 13.6. The van der Waals surface area contributed by atoms with Crippen molar-refractivity contribution < 1.29 is 9.18 Å². The van der Waals surface area contributed by atoms with Crippen LogP contribution in [0.4, 0.5) is 0 Å². The maximum Gasteiger partial charge on any atom is 0.294 e. The van der Waals surface area contributed by atoms with E-state index in [1.54, 1.807) is 0 Å². The third-order valence-electron chi connectivity index (χ3n) is 1.69. The van der Waals surface area contributed by atoms with Gasteiger partial charge in [0.25, 0.3) is 7.48 Å². The van der Waals surface area contributed by atoms with E-state index in [0.29, 0.717) is 8.81 Å². The Bertz CT molecular complexity index is 210. The molecule has 0 aliphatic rings. The molecule has 0 rings (SSSR count). The van der Waals surface area contributed by atoms with Gasteiger partial charge in [-0.05, 0) is 40.1 Å². The Morgan fingerprint density at radius 1 is 1.00 bits per heavy atom. The van der Waals surface area contributed by atoms with Crippen LogP contribution in [0, 0.1) is 0 Å².